The van der Waals surface area contributed by atoms with Gasteiger partial charge in [-0.15, -0.1) is 11.3 Å². The van der Waals surface area contributed by atoms with Crippen LogP contribution in [0.15, 0.2) is 41.8 Å². The summed E-state index contributed by atoms with van der Waals surface area (Å²) in [4.78, 5) is 17.1. The first-order valence-corrected chi connectivity index (χ1v) is 10.6. The summed E-state index contributed by atoms with van der Waals surface area (Å²) in [6.45, 7) is 4.43. The second kappa shape index (κ2) is 8.36. The third-order valence-electron chi connectivity index (χ3n) is 4.94. The van der Waals surface area contributed by atoms with Gasteiger partial charge >= 0.3 is 5.97 Å². The number of aromatic nitrogens is 1. The zero-order valence-corrected chi connectivity index (χ0v) is 18.2. The smallest absolute Gasteiger partial charge is 0.344 e. The summed E-state index contributed by atoms with van der Waals surface area (Å²) in [5.41, 5.74) is 4.35. The summed E-state index contributed by atoms with van der Waals surface area (Å²) in [6.07, 6.45) is 0.435. The van der Waals surface area contributed by atoms with E-state index in [1.54, 1.807) is 12.1 Å². The molecule has 156 valence electrons. The van der Waals surface area contributed by atoms with Crippen molar-refractivity contribution in [1.29, 1.82) is 0 Å². The summed E-state index contributed by atoms with van der Waals surface area (Å²) < 4.78 is 16.2. The van der Waals surface area contributed by atoms with Crippen LogP contribution in [0.1, 0.15) is 41.6 Å². The molecule has 1 atom stereocenters. The number of nitrogens with zero attached hydrogens (tertiary/aromatic N) is 1. The van der Waals surface area contributed by atoms with Gasteiger partial charge in [-0.2, -0.15) is 0 Å². The van der Waals surface area contributed by atoms with Crippen molar-refractivity contribution in [1.82, 2.24) is 4.98 Å². The van der Waals surface area contributed by atoms with E-state index < -0.39 is 12.2 Å². The monoisotopic (exact) mass is 424 g/mol. The number of fused-ring (bicyclic) bond motifs is 1. The maximum atomic E-state index is 12.4. The number of thiazole rings is 1. The highest BCUT2D eigenvalue weighted by atomic mass is 32.1. The number of nitrogens with one attached hydrogen (secondary N) is 1. The largest absolute Gasteiger partial charge is 0.493 e. The molecule has 0 radical (unpaired) electrons. The molecule has 30 heavy (non-hydrogen) atoms. The van der Waals surface area contributed by atoms with Crippen molar-refractivity contribution in [2.45, 2.75) is 26.5 Å². The molecule has 0 bridgehead atoms. The lowest BCUT2D eigenvalue weighted by Crippen LogP contribution is -2.10. The minimum atomic E-state index is -0.625. The molecule has 1 unspecified atom stereocenters. The van der Waals surface area contributed by atoms with Crippen LogP contribution in [0, 0.1) is 5.92 Å². The van der Waals surface area contributed by atoms with Gasteiger partial charge in [-0.3, -0.25) is 0 Å². The lowest BCUT2D eigenvalue weighted by molar-refractivity contribution is 0.0435. The Bertz CT molecular complexity index is 1060. The van der Waals surface area contributed by atoms with Gasteiger partial charge in [0, 0.05) is 16.5 Å². The lowest BCUT2D eigenvalue weighted by Gasteiger charge is -2.13. The topological polar surface area (TPSA) is 69.7 Å². The van der Waals surface area contributed by atoms with E-state index in [1.807, 2.05) is 5.38 Å². The van der Waals surface area contributed by atoms with E-state index in [2.05, 4.69) is 48.4 Å². The van der Waals surface area contributed by atoms with Crippen LogP contribution < -0.4 is 14.8 Å². The minimum Gasteiger partial charge on any atom is -0.493 e. The van der Waals surface area contributed by atoms with E-state index in [1.165, 1.54) is 31.1 Å². The third kappa shape index (κ3) is 3.85. The second-order valence-corrected chi connectivity index (χ2v) is 8.39. The van der Waals surface area contributed by atoms with Crippen LogP contribution in [0.25, 0.3) is 11.3 Å². The molecule has 2 heterocycles. The molecule has 2 aromatic carbocycles. The average molecular weight is 425 g/mol. The van der Waals surface area contributed by atoms with Crippen LogP contribution in [0.5, 0.6) is 11.5 Å². The zero-order chi connectivity index (χ0) is 21.3. The first-order valence-electron chi connectivity index (χ1n) is 9.77. The molecule has 7 heteroatoms. The molecule has 1 aliphatic rings. The first kappa shape index (κ1) is 20.2. The van der Waals surface area contributed by atoms with Crippen molar-refractivity contribution >= 4 is 22.4 Å². The Balaban J connectivity index is 1.54. The van der Waals surface area contributed by atoms with Crippen LogP contribution in [0.2, 0.25) is 0 Å². The van der Waals surface area contributed by atoms with Crippen molar-refractivity contribution in [3.05, 3.63) is 58.5 Å². The molecule has 0 fully saturated rings. The Labute approximate surface area is 179 Å². The number of cyclic esters (lactones) is 1. The van der Waals surface area contributed by atoms with E-state index >= 15 is 0 Å². The lowest BCUT2D eigenvalue weighted by atomic mass is 10.0. The maximum absolute atomic E-state index is 12.4. The van der Waals surface area contributed by atoms with Gasteiger partial charge < -0.3 is 19.5 Å². The zero-order valence-electron chi connectivity index (χ0n) is 17.4. The van der Waals surface area contributed by atoms with Crippen LogP contribution in [0.3, 0.4) is 0 Å². The number of methoxy groups -OCH3 is 2. The van der Waals surface area contributed by atoms with Gasteiger partial charge in [-0.25, -0.2) is 9.78 Å². The molecule has 3 aromatic rings. The van der Waals surface area contributed by atoms with Gasteiger partial charge in [0.25, 0.3) is 0 Å². The highest BCUT2D eigenvalue weighted by Gasteiger charge is 2.36. The molecular weight excluding hydrogens is 400 g/mol. The predicted molar refractivity (Wildman–Crippen MR) is 117 cm³/mol. The number of rotatable bonds is 7. The first-order chi connectivity index (χ1) is 14.5. The summed E-state index contributed by atoms with van der Waals surface area (Å²) in [5, 5.41) is 5.88. The molecule has 0 saturated carbocycles. The molecule has 1 aliphatic heterocycles. The molecule has 1 N–H and O–H groups in total. The highest BCUT2D eigenvalue weighted by molar-refractivity contribution is 7.14. The molecule has 0 aliphatic carbocycles. The Morgan fingerprint density at radius 2 is 1.90 bits per heavy atom. The maximum Gasteiger partial charge on any atom is 0.344 e. The normalized spacial score (nSPS) is 15.1. The number of hydrogen-bond donors (Lipinski definition) is 1. The summed E-state index contributed by atoms with van der Waals surface area (Å²) in [7, 11) is 3.04. The van der Waals surface area contributed by atoms with Gasteiger partial charge in [0.2, 0.25) is 6.23 Å². The number of hydrogen-bond acceptors (Lipinski definition) is 7. The Morgan fingerprint density at radius 3 is 2.57 bits per heavy atom. The number of carbonyl (C=O) groups is 1. The Kier molecular flexibility index (Phi) is 5.63. The number of carbonyl (C=O) groups excluding carboxylic acids is 1. The van der Waals surface area contributed by atoms with Crippen LogP contribution in [0.4, 0.5) is 5.13 Å². The van der Waals surface area contributed by atoms with E-state index in [0.717, 1.165) is 17.7 Å². The van der Waals surface area contributed by atoms with Gasteiger partial charge in [0.05, 0.1) is 19.9 Å². The molecule has 4 rings (SSSR count). The van der Waals surface area contributed by atoms with Crippen LogP contribution >= 0.6 is 11.3 Å². The summed E-state index contributed by atoms with van der Waals surface area (Å²) >= 11 is 1.47. The Hall–Kier alpha value is -3.06. The third-order valence-corrected chi connectivity index (χ3v) is 5.72. The van der Waals surface area contributed by atoms with Crippen molar-refractivity contribution in [2.75, 3.05) is 19.5 Å². The number of ether oxygens (including phenoxy) is 3. The van der Waals surface area contributed by atoms with Crippen molar-refractivity contribution in [3.63, 3.8) is 0 Å². The van der Waals surface area contributed by atoms with E-state index in [-0.39, 0.29) is 0 Å². The Morgan fingerprint density at radius 1 is 1.13 bits per heavy atom. The number of esters is 1. The predicted octanol–water partition coefficient (Wildman–Crippen LogP) is 5.31. The molecule has 6 nitrogen and oxygen atoms in total. The SMILES string of the molecule is COc1ccc2c(c1OC)C(=O)OC2Nc1nc(-c2ccc(CC(C)C)cc2)cs1. The van der Waals surface area contributed by atoms with Crippen molar-refractivity contribution in [3.8, 4) is 22.8 Å². The van der Waals surface area contributed by atoms with Gasteiger partial charge in [0.15, 0.2) is 16.6 Å². The van der Waals surface area contributed by atoms with Gasteiger partial charge in [-0.05, 0) is 30.0 Å². The van der Waals surface area contributed by atoms with Crippen molar-refractivity contribution in [2.24, 2.45) is 5.92 Å². The second-order valence-electron chi connectivity index (χ2n) is 7.53. The number of benzene rings is 2. The average Bonchev–Trinajstić information content (AvgIpc) is 3.32. The summed E-state index contributed by atoms with van der Waals surface area (Å²) in [6, 6.07) is 12.1. The molecular formula is C23H24N2O4S. The molecule has 0 saturated heterocycles. The van der Waals surface area contributed by atoms with Gasteiger partial charge in [0.1, 0.15) is 5.56 Å². The highest BCUT2D eigenvalue weighted by Crippen LogP contribution is 2.42. The van der Waals surface area contributed by atoms with Crippen LogP contribution in [-0.2, 0) is 11.2 Å². The van der Waals surface area contributed by atoms with Gasteiger partial charge in [-0.1, -0.05) is 38.1 Å². The summed E-state index contributed by atoms with van der Waals surface area (Å²) in [5.74, 6) is 1.05. The van der Waals surface area contributed by atoms with E-state index in [9.17, 15) is 4.79 Å². The quantitative estimate of drug-likeness (QED) is 0.519. The van der Waals surface area contributed by atoms with Crippen molar-refractivity contribution < 1.29 is 19.0 Å². The number of anilines is 1. The molecule has 0 spiro atoms. The fourth-order valence-electron chi connectivity index (χ4n) is 3.58. The minimum absolute atomic E-state index is 0.380. The molecule has 1 aromatic heterocycles. The standard InChI is InChI=1S/C23H24N2O4S/c1-13(2)11-14-5-7-15(8-6-14)17-12-30-23(24-17)25-21-16-9-10-18(27-3)20(28-4)19(16)22(26)29-21/h5-10,12-13,21H,11H2,1-4H3,(H,24,25). The van der Waals surface area contributed by atoms with E-state index in [0.29, 0.717) is 33.7 Å². The van der Waals surface area contributed by atoms with Crippen LogP contribution in [-0.4, -0.2) is 25.2 Å². The fraction of sp³-hybridized carbons (Fsp3) is 0.304. The fourth-order valence-corrected chi connectivity index (χ4v) is 4.31. The van der Waals surface area contributed by atoms with E-state index in [4.69, 9.17) is 14.2 Å². The molecule has 0 amide bonds.